The van der Waals surface area contributed by atoms with Gasteiger partial charge in [-0.25, -0.2) is 8.78 Å². The summed E-state index contributed by atoms with van der Waals surface area (Å²) in [6, 6.07) is 11.0. The SMILES string of the molecule is CCOC(=O)CC(O)CC(O)C(=C(c1ccc(F)cc1)c1ccc(F)cc1)c1nnn(C(C)C)n1. The molecule has 3 aromatic rings. The van der Waals surface area contributed by atoms with Gasteiger partial charge in [-0.15, -0.1) is 10.2 Å². The van der Waals surface area contributed by atoms with Gasteiger partial charge in [-0.3, -0.25) is 4.79 Å². The van der Waals surface area contributed by atoms with Gasteiger partial charge in [-0.1, -0.05) is 24.3 Å². The molecule has 1 heterocycles. The summed E-state index contributed by atoms with van der Waals surface area (Å²) in [5.41, 5.74) is 1.61. The van der Waals surface area contributed by atoms with E-state index >= 15 is 0 Å². The Balaban J connectivity index is 2.17. The molecular formula is C25H28F2N4O4. The van der Waals surface area contributed by atoms with Crippen molar-refractivity contribution in [2.45, 2.75) is 51.9 Å². The van der Waals surface area contributed by atoms with Crippen LogP contribution in [-0.2, 0) is 9.53 Å². The van der Waals surface area contributed by atoms with Crippen LogP contribution >= 0.6 is 0 Å². The van der Waals surface area contributed by atoms with E-state index in [4.69, 9.17) is 4.74 Å². The van der Waals surface area contributed by atoms with Gasteiger partial charge in [0.05, 0.1) is 31.3 Å². The van der Waals surface area contributed by atoms with E-state index in [2.05, 4.69) is 15.4 Å². The van der Waals surface area contributed by atoms with Crippen LogP contribution in [0.5, 0.6) is 0 Å². The van der Waals surface area contributed by atoms with Gasteiger partial charge in [0.2, 0.25) is 5.82 Å². The van der Waals surface area contributed by atoms with E-state index in [1.807, 2.05) is 13.8 Å². The highest BCUT2D eigenvalue weighted by Crippen LogP contribution is 2.35. The van der Waals surface area contributed by atoms with E-state index in [-0.39, 0.29) is 36.9 Å². The molecule has 10 heteroatoms. The Kier molecular flexibility index (Phi) is 8.78. The normalized spacial score (nSPS) is 12.9. The minimum absolute atomic E-state index is 0.0817. The Bertz CT molecular complexity index is 1110. The quantitative estimate of drug-likeness (QED) is 0.422. The third-order valence-corrected chi connectivity index (χ3v) is 5.20. The molecule has 1 aromatic heterocycles. The van der Waals surface area contributed by atoms with Crippen molar-refractivity contribution in [3.8, 4) is 0 Å². The Morgan fingerprint density at radius 2 is 1.54 bits per heavy atom. The average molecular weight is 487 g/mol. The summed E-state index contributed by atoms with van der Waals surface area (Å²) in [6.45, 7) is 5.53. The van der Waals surface area contributed by atoms with Crippen molar-refractivity contribution >= 4 is 17.1 Å². The molecule has 2 unspecified atom stereocenters. The monoisotopic (exact) mass is 486 g/mol. The molecule has 2 aromatic carbocycles. The number of aliphatic hydroxyl groups is 2. The zero-order valence-corrected chi connectivity index (χ0v) is 19.7. The number of hydrogen-bond donors (Lipinski definition) is 2. The summed E-state index contributed by atoms with van der Waals surface area (Å²) < 4.78 is 32.3. The molecule has 2 N–H and O–H groups in total. The Morgan fingerprint density at radius 1 is 1.00 bits per heavy atom. The second-order valence-electron chi connectivity index (χ2n) is 8.24. The van der Waals surface area contributed by atoms with E-state index in [1.165, 1.54) is 53.3 Å². The van der Waals surface area contributed by atoms with Crippen molar-refractivity contribution in [3.63, 3.8) is 0 Å². The van der Waals surface area contributed by atoms with Gasteiger partial charge in [0, 0.05) is 12.0 Å². The second-order valence-corrected chi connectivity index (χ2v) is 8.24. The maximum absolute atomic E-state index is 13.7. The molecule has 0 aliphatic heterocycles. The first-order valence-corrected chi connectivity index (χ1v) is 11.3. The van der Waals surface area contributed by atoms with Crippen LogP contribution in [0.15, 0.2) is 48.5 Å². The summed E-state index contributed by atoms with van der Waals surface area (Å²) in [5.74, 6) is -1.43. The zero-order valence-electron chi connectivity index (χ0n) is 19.7. The molecule has 186 valence electrons. The number of halogens is 2. The van der Waals surface area contributed by atoms with Crippen molar-refractivity contribution in [3.05, 3.63) is 77.1 Å². The molecule has 8 nitrogen and oxygen atoms in total. The average Bonchev–Trinajstić information content (AvgIpc) is 3.29. The molecular weight excluding hydrogens is 458 g/mol. The molecule has 2 atom stereocenters. The lowest BCUT2D eigenvalue weighted by molar-refractivity contribution is -0.145. The largest absolute Gasteiger partial charge is 0.466 e. The molecule has 0 saturated heterocycles. The summed E-state index contributed by atoms with van der Waals surface area (Å²) in [7, 11) is 0. The molecule has 0 saturated carbocycles. The fourth-order valence-electron chi connectivity index (χ4n) is 3.56. The number of aromatic nitrogens is 4. The van der Waals surface area contributed by atoms with Gasteiger partial charge in [0.1, 0.15) is 11.6 Å². The highest BCUT2D eigenvalue weighted by molar-refractivity contribution is 5.98. The van der Waals surface area contributed by atoms with Gasteiger partial charge >= 0.3 is 5.97 Å². The smallest absolute Gasteiger partial charge is 0.308 e. The van der Waals surface area contributed by atoms with Gasteiger partial charge in [0.15, 0.2) is 0 Å². The molecule has 0 spiro atoms. The first-order chi connectivity index (χ1) is 16.7. The van der Waals surface area contributed by atoms with Gasteiger partial charge in [0.25, 0.3) is 0 Å². The summed E-state index contributed by atoms with van der Waals surface area (Å²) in [4.78, 5) is 13.2. The zero-order chi connectivity index (χ0) is 25.5. The van der Waals surface area contributed by atoms with Gasteiger partial charge in [-0.2, -0.15) is 4.80 Å². The minimum Gasteiger partial charge on any atom is -0.466 e. The Hall–Kier alpha value is -3.50. The fourth-order valence-corrected chi connectivity index (χ4v) is 3.56. The summed E-state index contributed by atoms with van der Waals surface area (Å²) in [6.07, 6.45) is -3.13. The van der Waals surface area contributed by atoms with E-state index in [0.717, 1.165) is 0 Å². The third-order valence-electron chi connectivity index (χ3n) is 5.20. The number of carbonyl (C=O) groups excluding carboxylic acids is 1. The topological polar surface area (TPSA) is 110 Å². The van der Waals surface area contributed by atoms with Crippen molar-refractivity contribution in [1.29, 1.82) is 0 Å². The molecule has 0 aliphatic rings. The number of nitrogens with zero attached hydrogens (tertiary/aromatic N) is 4. The number of esters is 1. The lowest BCUT2D eigenvalue weighted by atomic mass is 9.88. The van der Waals surface area contributed by atoms with Crippen molar-refractivity contribution in [1.82, 2.24) is 20.2 Å². The molecule has 3 rings (SSSR count). The molecule has 0 amide bonds. The van der Waals surface area contributed by atoms with Gasteiger partial charge < -0.3 is 14.9 Å². The van der Waals surface area contributed by atoms with Crippen molar-refractivity contribution in [2.24, 2.45) is 0 Å². The van der Waals surface area contributed by atoms with Crippen LogP contribution < -0.4 is 0 Å². The van der Waals surface area contributed by atoms with E-state index in [0.29, 0.717) is 16.7 Å². The lowest BCUT2D eigenvalue weighted by Gasteiger charge is -2.21. The second kappa shape index (κ2) is 11.8. The van der Waals surface area contributed by atoms with Crippen molar-refractivity contribution < 1.29 is 28.5 Å². The standard InChI is InChI=1S/C25H28F2N4O4/c1-4-35-22(34)14-20(32)13-21(33)24(25-28-30-31(29-25)15(2)3)23(16-5-9-18(26)10-6-16)17-7-11-19(27)12-8-17/h5-12,15,20-21,32-33H,4,13-14H2,1-3H3. The molecule has 0 bridgehead atoms. The number of carbonyl (C=O) groups is 1. The lowest BCUT2D eigenvalue weighted by Crippen LogP contribution is -2.24. The number of aliphatic hydroxyl groups excluding tert-OH is 2. The molecule has 0 aliphatic carbocycles. The predicted molar refractivity (Wildman–Crippen MR) is 125 cm³/mol. The van der Waals surface area contributed by atoms with Gasteiger partial charge in [-0.05, 0) is 67.0 Å². The minimum atomic E-state index is -1.35. The number of benzene rings is 2. The highest BCUT2D eigenvalue weighted by Gasteiger charge is 2.28. The van der Waals surface area contributed by atoms with Crippen LogP contribution in [0.2, 0.25) is 0 Å². The summed E-state index contributed by atoms with van der Waals surface area (Å²) in [5, 5.41) is 34.3. The van der Waals surface area contributed by atoms with Crippen LogP contribution in [0, 0.1) is 11.6 Å². The van der Waals surface area contributed by atoms with E-state index in [9.17, 15) is 23.8 Å². The van der Waals surface area contributed by atoms with Crippen LogP contribution in [0.1, 0.15) is 56.6 Å². The number of hydrogen-bond acceptors (Lipinski definition) is 7. The first kappa shape index (κ1) is 26.1. The van der Waals surface area contributed by atoms with Crippen LogP contribution in [0.4, 0.5) is 8.78 Å². The van der Waals surface area contributed by atoms with Crippen LogP contribution in [-0.4, -0.2) is 55.2 Å². The molecule has 0 radical (unpaired) electrons. The van der Waals surface area contributed by atoms with E-state index < -0.39 is 29.8 Å². The van der Waals surface area contributed by atoms with Crippen molar-refractivity contribution in [2.75, 3.05) is 6.61 Å². The van der Waals surface area contributed by atoms with Crippen LogP contribution in [0.3, 0.4) is 0 Å². The Labute approximate surface area is 201 Å². The molecule has 0 fully saturated rings. The maximum atomic E-state index is 13.7. The fraction of sp³-hybridized carbons (Fsp3) is 0.360. The molecule has 35 heavy (non-hydrogen) atoms. The third kappa shape index (κ3) is 6.77. The maximum Gasteiger partial charge on any atom is 0.308 e. The summed E-state index contributed by atoms with van der Waals surface area (Å²) >= 11 is 0. The van der Waals surface area contributed by atoms with Crippen LogP contribution in [0.25, 0.3) is 11.1 Å². The number of ether oxygens (including phenoxy) is 1. The van der Waals surface area contributed by atoms with E-state index in [1.54, 1.807) is 6.92 Å². The number of tetrazole rings is 1. The first-order valence-electron chi connectivity index (χ1n) is 11.3. The predicted octanol–water partition coefficient (Wildman–Crippen LogP) is 3.56. The Morgan fingerprint density at radius 3 is 2.00 bits per heavy atom. The highest BCUT2D eigenvalue weighted by atomic mass is 19.1. The number of rotatable bonds is 10.